The topological polar surface area (TPSA) is 29.1 Å². The first-order chi connectivity index (χ1) is 6.20. The van der Waals surface area contributed by atoms with Crippen LogP contribution in [0, 0.1) is 0 Å². The predicted molar refractivity (Wildman–Crippen MR) is 60.5 cm³/mol. The summed E-state index contributed by atoms with van der Waals surface area (Å²) in [5, 5.41) is 3.27. The van der Waals surface area contributed by atoms with Crippen LogP contribution >= 0.6 is 0 Å². The Hall–Kier alpha value is 0.110. The van der Waals surface area contributed by atoms with Crippen LogP contribution in [-0.2, 0) is 10.8 Å². The molecule has 2 atom stereocenters. The van der Waals surface area contributed by atoms with Crippen molar-refractivity contribution in [2.24, 2.45) is 0 Å². The minimum absolute atomic E-state index is 0.396. The van der Waals surface area contributed by atoms with E-state index in [4.69, 9.17) is 0 Å². The molecule has 0 aromatic carbocycles. The second kappa shape index (κ2) is 8.70. The lowest BCUT2D eigenvalue weighted by atomic mass is 10.3. The third kappa shape index (κ3) is 8.44. The molecule has 2 unspecified atom stereocenters. The van der Waals surface area contributed by atoms with E-state index in [-0.39, 0.29) is 0 Å². The van der Waals surface area contributed by atoms with Gasteiger partial charge in [0.1, 0.15) is 0 Å². The Bertz CT molecular complexity index is 139. The van der Waals surface area contributed by atoms with E-state index in [1.54, 1.807) is 0 Å². The van der Waals surface area contributed by atoms with Crippen LogP contribution in [0.15, 0.2) is 0 Å². The van der Waals surface area contributed by atoms with Crippen LogP contribution in [0.1, 0.15) is 40.0 Å². The predicted octanol–water partition coefficient (Wildman–Crippen LogP) is 1.92. The fourth-order valence-corrected chi connectivity index (χ4v) is 2.65. The van der Waals surface area contributed by atoms with Crippen molar-refractivity contribution < 1.29 is 4.21 Å². The largest absolute Gasteiger partial charge is 0.314 e. The van der Waals surface area contributed by atoms with E-state index >= 15 is 0 Å². The summed E-state index contributed by atoms with van der Waals surface area (Å²) in [4.78, 5) is 0. The lowest BCUT2D eigenvalue weighted by Gasteiger charge is -2.11. The van der Waals surface area contributed by atoms with E-state index < -0.39 is 10.8 Å². The van der Waals surface area contributed by atoms with Gasteiger partial charge in [0.25, 0.3) is 0 Å². The molecule has 80 valence electrons. The van der Waals surface area contributed by atoms with Gasteiger partial charge in [-0.3, -0.25) is 4.21 Å². The first-order valence-corrected chi connectivity index (χ1v) is 6.77. The van der Waals surface area contributed by atoms with Gasteiger partial charge in [0.15, 0.2) is 0 Å². The zero-order chi connectivity index (χ0) is 10.1. The van der Waals surface area contributed by atoms with Gasteiger partial charge in [-0.1, -0.05) is 26.7 Å². The van der Waals surface area contributed by atoms with Crippen molar-refractivity contribution in [1.29, 1.82) is 0 Å². The van der Waals surface area contributed by atoms with Crippen molar-refractivity contribution in [3.05, 3.63) is 0 Å². The third-order valence-corrected chi connectivity index (χ3v) is 3.58. The van der Waals surface area contributed by atoms with Gasteiger partial charge in [-0.15, -0.1) is 0 Å². The van der Waals surface area contributed by atoms with Crippen LogP contribution in [0.5, 0.6) is 0 Å². The summed E-state index contributed by atoms with van der Waals surface area (Å²) in [5.74, 6) is 1.68. The lowest BCUT2D eigenvalue weighted by molar-refractivity contribution is 0.606. The standard InChI is InChI=1S/C10H23NOS/c1-4-6-7-8-13(12)9-10(3)11-5-2/h10-11H,4-9H2,1-3H3. The molecule has 2 nitrogen and oxygen atoms in total. The minimum atomic E-state index is -0.616. The quantitative estimate of drug-likeness (QED) is 0.613. The van der Waals surface area contributed by atoms with Crippen molar-refractivity contribution in [1.82, 2.24) is 5.32 Å². The minimum Gasteiger partial charge on any atom is -0.314 e. The number of hydrogen-bond donors (Lipinski definition) is 1. The first-order valence-electron chi connectivity index (χ1n) is 5.29. The number of nitrogens with one attached hydrogen (secondary N) is 1. The molecule has 0 bridgehead atoms. The van der Waals surface area contributed by atoms with E-state index in [9.17, 15) is 4.21 Å². The van der Waals surface area contributed by atoms with Gasteiger partial charge in [-0.05, 0) is 19.9 Å². The smallest absolute Gasteiger partial charge is 0.0386 e. The molecule has 0 heterocycles. The zero-order valence-electron chi connectivity index (χ0n) is 9.14. The van der Waals surface area contributed by atoms with Gasteiger partial charge in [0.05, 0.1) is 0 Å². The molecular weight excluding hydrogens is 182 g/mol. The lowest BCUT2D eigenvalue weighted by Crippen LogP contribution is -2.31. The Kier molecular flexibility index (Phi) is 8.77. The molecule has 3 heteroatoms. The molecular formula is C10H23NOS. The van der Waals surface area contributed by atoms with Crippen molar-refractivity contribution in [2.45, 2.75) is 46.1 Å². The second-order valence-corrected chi connectivity index (χ2v) is 5.10. The van der Waals surface area contributed by atoms with Gasteiger partial charge >= 0.3 is 0 Å². The van der Waals surface area contributed by atoms with Gasteiger partial charge in [0.2, 0.25) is 0 Å². The molecule has 0 saturated heterocycles. The molecule has 0 amide bonds. The maximum atomic E-state index is 11.5. The SMILES string of the molecule is CCCCCS(=O)CC(C)NCC. The summed E-state index contributed by atoms with van der Waals surface area (Å²) < 4.78 is 11.5. The van der Waals surface area contributed by atoms with Crippen LogP contribution in [0.4, 0.5) is 0 Å². The highest BCUT2D eigenvalue weighted by atomic mass is 32.2. The Labute approximate surface area is 84.9 Å². The van der Waals surface area contributed by atoms with E-state index in [0.29, 0.717) is 6.04 Å². The van der Waals surface area contributed by atoms with Crippen LogP contribution in [0.3, 0.4) is 0 Å². The summed E-state index contributed by atoms with van der Waals surface area (Å²) in [6, 6.07) is 0.396. The van der Waals surface area contributed by atoms with Crippen LogP contribution in [0.2, 0.25) is 0 Å². The number of hydrogen-bond acceptors (Lipinski definition) is 2. The van der Waals surface area contributed by atoms with Crippen LogP contribution < -0.4 is 5.32 Å². The third-order valence-electron chi connectivity index (χ3n) is 1.96. The molecule has 0 fully saturated rings. The maximum absolute atomic E-state index is 11.5. The van der Waals surface area contributed by atoms with Crippen molar-refractivity contribution >= 4 is 10.8 Å². The van der Waals surface area contributed by atoms with Gasteiger partial charge in [0, 0.05) is 28.3 Å². The van der Waals surface area contributed by atoms with Crippen LogP contribution in [0.25, 0.3) is 0 Å². The van der Waals surface area contributed by atoms with E-state index in [0.717, 1.165) is 24.5 Å². The van der Waals surface area contributed by atoms with E-state index in [1.807, 2.05) is 0 Å². The monoisotopic (exact) mass is 205 g/mol. The highest BCUT2D eigenvalue weighted by Gasteiger charge is 2.05. The molecule has 0 aliphatic rings. The zero-order valence-corrected chi connectivity index (χ0v) is 9.95. The van der Waals surface area contributed by atoms with Crippen molar-refractivity contribution in [2.75, 3.05) is 18.1 Å². The van der Waals surface area contributed by atoms with Gasteiger partial charge in [-0.2, -0.15) is 0 Å². The average molecular weight is 205 g/mol. The molecule has 13 heavy (non-hydrogen) atoms. The first kappa shape index (κ1) is 13.1. The summed E-state index contributed by atoms with van der Waals surface area (Å²) >= 11 is 0. The molecule has 0 radical (unpaired) electrons. The van der Waals surface area contributed by atoms with E-state index in [2.05, 4.69) is 26.1 Å². The van der Waals surface area contributed by atoms with E-state index in [1.165, 1.54) is 12.8 Å². The molecule has 1 N–H and O–H groups in total. The fourth-order valence-electron chi connectivity index (χ4n) is 1.28. The Morgan fingerprint density at radius 2 is 2.00 bits per heavy atom. The number of rotatable bonds is 8. The van der Waals surface area contributed by atoms with Crippen molar-refractivity contribution in [3.63, 3.8) is 0 Å². The van der Waals surface area contributed by atoms with Gasteiger partial charge < -0.3 is 5.32 Å². The fraction of sp³-hybridized carbons (Fsp3) is 1.00. The normalized spacial score (nSPS) is 15.6. The average Bonchev–Trinajstić information content (AvgIpc) is 2.05. The molecule has 0 aromatic rings. The molecule has 0 aromatic heterocycles. The number of unbranched alkanes of at least 4 members (excludes halogenated alkanes) is 2. The summed E-state index contributed by atoms with van der Waals surface area (Å²) in [7, 11) is -0.616. The highest BCUT2D eigenvalue weighted by molar-refractivity contribution is 7.85. The summed E-state index contributed by atoms with van der Waals surface area (Å²) in [6.07, 6.45) is 3.53. The summed E-state index contributed by atoms with van der Waals surface area (Å²) in [5.41, 5.74) is 0. The Morgan fingerprint density at radius 3 is 2.54 bits per heavy atom. The van der Waals surface area contributed by atoms with Gasteiger partial charge in [-0.25, -0.2) is 0 Å². The summed E-state index contributed by atoms with van der Waals surface area (Å²) in [6.45, 7) is 7.31. The second-order valence-electron chi connectivity index (χ2n) is 3.48. The van der Waals surface area contributed by atoms with Crippen LogP contribution in [-0.4, -0.2) is 28.3 Å². The molecule has 0 aliphatic heterocycles. The van der Waals surface area contributed by atoms with Crippen molar-refractivity contribution in [3.8, 4) is 0 Å². The Morgan fingerprint density at radius 1 is 1.31 bits per heavy atom. The molecule has 0 spiro atoms. The Balaban J connectivity index is 3.38. The molecule has 0 aliphatic carbocycles. The maximum Gasteiger partial charge on any atom is 0.0386 e. The molecule has 0 saturated carbocycles. The highest BCUT2D eigenvalue weighted by Crippen LogP contribution is 1.98. The molecule has 0 rings (SSSR count).